The van der Waals surface area contributed by atoms with Crippen molar-refractivity contribution in [2.45, 2.75) is 33.8 Å². The van der Waals surface area contributed by atoms with Crippen LogP contribution in [0.5, 0.6) is 11.5 Å². The molecule has 27 heavy (non-hydrogen) atoms. The van der Waals surface area contributed by atoms with Crippen LogP contribution < -0.4 is 20.1 Å². The molecule has 1 amide bonds. The predicted molar refractivity (Wildman–Crippen MR) is 113 cm³/mol. The van der Waals surface area contributed by atoms with Gasteiger partial charge in [0, 0.05) is 5.69 Å². The van der Waals surface area contributed by atoms with Gasteiger partial charge in [0.25, 0.3) is 5.91 Å². The average Bonchev–Trinajstić information content (AvgIpc) is 2.61. The Morgan fingerprint density at radius 1 is 1.04 bits per heavy atom. The number of carbonyl (C=O) groups excluding carboxylic acids is 1. The van der Waals surface area contributed by atoms with Crippen LogP contribution in [0.2, 0.25) is 0 Å². The zero-order valence-corrected chi connectivity index (χ0v) is 16.9. The van der Waals surface area contributed by atoms with Crippen molar-refractivity contribution in [2.24, 2.45) is 5.92 Å². The lowest BCUT2D eigenvalue weighted by Crippen LogP contribution is -2.34. The Morgan fingerprint density at radius 3 is 2.33 bits per heavy atom. The van der Waals surface area contributed by atoms with Gasteiger partial charge in [-0.05, 0) is 68.4 Å². The fourth-order valence-corrected chi connectivity index (χ4v) is 2.47. The van der Waals surface area contributed by atoms with Crippen molar-refractivity contribution in [1.82, 2.24) is 5.32 Å². The molecule has 0 saturated carbocycles. The van der Waals surface area contributed by atoms with E-state index in [1.807, 2.05) is 44.2 Å². The van der Waals surface area contributed by atoms with Crippen LogP contribution in [0.1, 0.15) is 38.1 Å². The van der Waals surface area contributed by atoms with E-state index in [-0.39, 0.29) is 17.1 Å². The third-order valence-corrected chi connectivity index (χ3v) is 3.62. The molecule has 2 N–H and O–H groups in total. The van der Waals surface area contributed by atoms with Crippen LogP contribution >= 0.6 is 12.2 Å². The fraction of sp³-hybridized carbons (Fsp3) is 0.333. The van der Waals surface area contributed by atoms with Crippen molar-refractivity contribution in [3.63, 3.8) is 0 Å². The zero-order valence-electron chi connectivity index (χ0n) is 16.1. The summed E-state index contributed by atoms with van der Waals surface area (Å²) in [4.78, 5) is 12.5. The summed E-state index contributed by atoms with van der Waals surface area (Å²) < 4.78 is 11.3. The SMILES string of the molecule is CC(C)COc1ccccc1C(=O)NC(=S)Nc1ccc(OC(C)C)cc1. The summed E-state index contributed by atoms with van der Waals surface area (Å²) in [5, 5.41) is 5.90. The first-order chi connectivity index (χ1) is 12.8. The minimum absolute atomic E-state index is 0.113. The average molecular weight is 387 g/mol. The van der Waals surface area contributed by atoms with Crippen LogP contribution in [0.25, 0.3) is 0 Å². The molecule has 0 aliphatic carbocycles. The molecule has 0 bridgehead atoms. The maximum Gasteiger partial charge on any atom is 0.261 e. The normalized spacial score (nSPS) is 10.6. The maximum absolute atomic E-state index is 12.5. The number of para-hydroxylation sites is 1. The van der Waals surface area contributed by atoms with Gasteiger partial charge in [-0.3, -0.25) is 10.1 Å². The molecule has 2 rings (SSSR count). The molecule has 0 aliphatic heterocycles. The molecule has 0 fully saturated rings. The molecule has 2 aromatic carbocycles. The fourth-order valence-electron chi connectivity index (χ4n) is 2.26. The number of carbonyl (C=O) groups is 1. The summed E-state index contributed by atoms with van der Waals surface area (Å²) in [6.45, 7) is 8.59. The lowest BCUT2D eigenvalue weighted by atomic mass is 10.2. The Morgan fingerprint density at radius 2 is 1.70 bits per heavy atom. The Kier molecular flexibility index (Phi) is 7.61. The molecule has 0 unspecified atom stereocenters. The highest BCUT2D eigenvalue weighted by atomic mass is 32.1. The molecule has 0 heterocycles. The first-order valence-electron chi connectivity index (χ1n) is 8.96. The van der Waals surface area contributed by atoms with E-state index in [4.69, 9.17) is 21.7 Å². The Balaban J connectivity index is 1.96. The van der Waals surface area contributed by atoms with Crippen LogP contribution in [0.3, 0.4) is 0 Å². The van der Waals surface area contributed by atoms with Gasteiger partial charge in [0.2, 0.25) is 0 Å². The van der Waals surface area contributed by atoms with E-state index in [2.05, 4.69) is 24.5 Å². The van der Waals surface area contributed by atoms with Crippen molar-refractivity contribution in [2.75, 3.05) is 11.9 Å². The number of thiocarbonyl (C=S) groups is 1. The topological polar surface area (TPSA) is 59.6 Å². The van der Waals surface area contributed by atoms with Crippen LogP contribution in [0.15, 0.2) is 48.5 Å². The van der Waals surface area contributed by atoms with Crippen LogP contribution in [-0.2, 0) is 0 Å². The number of benzene rings is 2. The van der Waals surface area contributed by atoms with Gasteiger partial charge in [-0.1, -0.05) is 26.0 Å². The van der Waals surface area contributed by atoms with Gasteiger partial charge in [0.05, 0.1) is 18.3 Å². The standard InChI is InChI=1S/C21H26N2O3S/c1-14(2)13-25-19-8-6-5-7-18(19)20(24)23-21(27)22-16-9-11-17(12-10-16)26-15(3)4/h5-12,14-15H,13H2,1-4H3,(H2,22,23,24,27). The number of anilines is 1. The second-order valence-corrected chi connectivity index (χ2v) is 7.21. The van der Waals surface area contributed by atoms with E-state index in [1.165, 1.54) is 0 Å². The molecule has 5 nitrogen and oxygen atoms in total. The van der Waals surface area contributed by atoms with Gasteiger partial charge in [-0.2, -0.15) is 0 Å². The highest BCUT2D eigenvalue weighted by Crippen LogP contribution is 2.19. The second-order valence-electron chi connectivity index (χ2n) is 6.80. The molecule has 2 aromatic rings. The monoisotopic (exact) mass is 386 g/mol. The van der Waals surface area contributed by atoms with Crippen molar-refractivity contribution in [3.05, 3.63) is 54.1 Å². The van der Waals surface area contributed by atoms with Gasteiger partial charge >= 0.3 is 0 Å². The van der Waals surface area contributed by atoms with E-state index in [9.17, 15) is 4.79 Å². The third-order valence-electron chi connectivity index (χ3n) is 3.41. The zero-order chi connectivity index (χ0) is 19.8. The van der Waals surface area contributed by atoms with Crippen molar-refractivity contribution >= 4 is 28.9 Å². The molecule has 0 aliphatic rings. The molecule has 0 aromatic heterocycles. The lowest BCUT2D eigenvalue weighted by Gasteiger charge is -2.14. The highest BCUT2D eigenvalue weighted by Gasteiger charge is 2.14. The minimum Gasteiger partial charge on any atom is -0.492 e. The van der Waals surface area contributed by atoms with Crippen molar-refractivity contribution in [3.8, 4) is 11.5 Å². The van der Waals surface area contributed by atoms with E-state index in [1.54, 1.807) is 18.2 Å². The summed E-state index contributed by atoms with van der Waals surface area (Å²) >= 11 is 5.25. The number of ether oxygens (including phenoxy) is 2. The molecule has 0 radical (unpaired) electrons. The smallest absolute Gasteiger partial charge is 0.261 e. The number of amides is 1. The van der Waals surface area contributed by atoms with Crippen molar-refractivity contribution < 1.29 is 14.3 Å². The maximum atomic E-state index is 12.5. The van der Waals surface area contributed by atoms with Gasteiger partial charge in [-0.15, -0.1) is 0 Å². The first kappa shape index (κ1) is 20.7. The first-order valence-corrected chi connectivity index (χ1v) is 9.37. The van der Waals surface area contributed by atoms with E-state index < -0.39 is 0 Å². The Hall–Kier alpha value is -2.60. The quantitative estimate of drug-likeness (QED) is 0.679. The number of hydrogen-bond donors (Lipinski definition) is 2. The molecule has 144 valence electrons. The van der Waals surface area contributed by atoms with E-state index in [0.717, 1.165) is 11.4 Å². The Bertz CT molecular complexity index is 773. The highest BCUT2D eigenvalue weighted by molar-refractivity contribution is 7.80. The predicted octanol–water partition coefficient (Wildman–Crippen LogP) is 4.64. The Labute approximate surface area is 166 Å². The molecular formula is C21H26N2O3S. The second kappa shape index (κ2) is 9.92. The summed E-state index contributed by atoms with van der Waals surface area (Å²) in [7, 11) is 0. The molecule has 0 atom stereocenters. The third kappa shape index (κ3) is 6.90. The van der Waals surface area contributed by atoms with Gasteiger partial charge < -0.3 is 14.8 Å². The van der Waals surface area contributed by atoms with Gasteiger partial charge in [0.15, 0.2) is 5.11 Å². The summed E-state index contributed by atoms with van der Waals surface area (Å²) in [5.41, 5.74) is 1.21. The molecule has 6 heteroatoms. The molecule has 0 saturated heterocycles. The summed E-state index contributed by atoms with van der Waals surface area (Å²) in [6.07, 6.45) is 0.113. The number of nitrogens with one attached hydrogen (secondary N) is 2. The number of rotatable bonds is 7. The molecule has 0 spiro atoms. The summed E-state index contributed by atoms with van der Waals surface area (Å²) in [5.74, 6) is 1.38. The van der Waals surface area contributed by atoms with Crippen molar-refractivity contribution in [1.29, 1.82) is 0 Å². The van der Waals surface area contributed by atoms with E-state index >= 15 is 0 Å². The van der Waals surface area contributed by atoms with Crippen LogP contribution in [-0.4, -0.2) is 23.7 Å². The van der Waals surface area contributed by atoms with Crippen LogP contribution in [0, 0.1) is 5.92 Å². The van der Waals surface area contributed by atoms with E-state index in [0.29, 0.717) is 23.8 Å². The lowest BCUT2D eigenvalue weighted by molar-refractivity contribution is 0.0973. The summed E-state index contributed by atoms with van der Waals surface area (Å²) in [6, 6.07) is 14.5. The molecular weight excluding hydrogens is 360 g/mol. The van der Waals surface area contributed by atoms with Crippen LogP contribution in [0.4, 0.5) is 5.69 Å². The van der Waals surface area contributed by atoms with Gasteiger partial charge in [-0.25, -0.2) is 0 Å². The van der Waals surface area contributed by atoms with Gasteiger partial charge in [0.1, 0.15) is 11.5 Å². The minimum atomic E-state index is -0.313. The largest absolute Gasteiger partial charge is 0.492 e. The number of hydrogen-bond acceptors (Lipinski definition) is 4.